The SMILES string of the molecule is CC(Cc1ccccc1)N(C=O)C1CC(C)(C)NC(C)(C)C1. The molecule has 0 saturated carbocycles. The number of hydrogen-bond acceptors (Lipinski definition) is 2. The fourth-order valence-electron chi connectivity index (χ4n) is 4.09. The summed E-state index contributed by atoms with van der Waals surface area (Å²) in [5.41, 5.74) is 1.40. The molecule has 22 heavy (non-hydrogen) atoms. The van der Waals surface area contributed by atoms with Gasteiger partial charge in [0.1, 0.15) is 0 Å². The molecule has 1 heterocycles. The maximum absolute atomic E-state index is 11.8. The lowest BCUT2D eigenvalue weighted by atomic mass is 9.78. The van der Waals surface area contributed by atoms with Crippen molar-refractivity contribution in [1.29, 1.82) is 0 Å². The predicted octanol–water partition coefficient (Wildman–Crippen LogP) is 3.39. The molecule has 1 N–H and O–H groups in total. The van der Waals surface area contributed by atoms with Crippen molar-refractivity contribution in [2.45, 2.75) is 77.0 Å². The van der Waals surface area contributed by atoms with Crippen LogP contribution in [0.1, 0.15) is 53.0 Å². The highest BCUT2D eigenvalue weighted by molar-refractivity contribution is 5.49. The van der Waals surface area contributed by atoms with Crippen LogP contribution in [0.15, 0.2) is 30.3 Å². The van der Waals surface area contributed by atoms with Crippen molar-refractivity contribution < 1.29 is 4.79 Å². The van der Waals surface area contributed by atoms with E-state index >= 15 is 0 Å². The minimum atomic E-state index is 0.0557. The van der Waals surface area contributed by atoms with Gasteiger partial charge in [0.25, 0.3) is 0 Å². The van der Waals surface area contributed by atoms with Gasteiger partial charge in [0, 0.05) is 23.2 Å². The second kappa shape index (κ2) is 6.41. The van der Waals surface area contributed by atoms with E-state index in [4.69, 9.17) is 0 Å². The lowest BCUT2D eigenvalue weighted by molar-refractivity contribution is -0.124. The number of benzene rings is 1. The van der Waals surface area contributed by atoms with Crippen LogP contribution in [0, 0.1) is 0 Å². The average molecular weight is 302 g/mol. The summed E-state index contributed by atoms with van der Waals surface area (Å²) in [5.74, 6) is 0. The molecule has 1 aliphatic heterocycles. The first-order chi connectivity index (χ1) is 10.2. The number of carbonyl (C=O) groups is 1. The summed E-state index contributed by atoms with van der Waals surface area (Å²) in [6, 6.07) is 10.9. The highest BCUT2D eigenvalue weighted by Crippen LogP contribution is 2.32. The summed E-state index contributed by atoms with van der Waals surface area (Å²) >= 11 is 0. The van der Waals surface area contributed by atoms with E-state index in [1.807, 2.05) is 11.0 Å². The van der Waals surface area contributed by atoms with Gasteiger partial charge in [-0.05, 0) is 59.4 Å². The fraction of sp³-hybridized carbons (Fsp3) is 0.632. The van der Waals surface area contributed by atoms with E-state index in [0.29, 0.717) is 6.04 Å². The topological polar surface area (TPSA) is 32.3 Å². The Morgan fingerprint density at radius 1 is 1.18 bits per heavy atom. The first-order valence-corrected chi connectivity index (χ1v) is 8.28. The highest BCUT2D eigenvalue weighted by Gasteiger charge is 2.40. The number of rotatable bonds is 5. The zero-order valence-electron chi connectivity index (χ0n) is 14.6. The van der Waals surface area contributed by atoms with E-state index in [0.717, 1.165) is 25.7 Å². The summed E-state index contributed by atoms with van der Waals surface area (Å²) in [4.78, 5) is 13.8. The lowest BCUT2D eigenvalue weighted by Crippen LogP contribution is -2.63. The first kappa shape index (κ1) is 17.0. The Balaban J connectivity index is 2.11. The number of nitrogens with zero attached hydrogens (tertiary/aromatic N) is 1. The lowest BCUT2D eigenvalue weighted by Gasteiger charge is -2.50. The van der Waals surface area contributed by atoms with Crippen LogP contribution in [-0.4, -0.2) is 34.5 Å². The van der Waals surface area contributed by atoms with Gasteiger partial charge in [-0.2, -0.15) is 0 Å². The number of carbonyl (C=O) groups excluding carboxylic acids is 1. The first-order valence-electron chi connectivity index (χ1n) is 8.28. The fourth-order valence-corrected chi connectivity index (χ4v) is 4.09. The molecule has 1 aromatic rings. The maximum atomic E-state index is 11.8. The zero-order valence-corrected chi connectivity index (χ0v) is 14.6. The molecule has 3 heteroatoms. The summed E-state index contributed by atoms with van der Waals surface area (Å²) in [6.07, 6.45) is 3.95. The Morgan fingerprint density at radius 2 is 1.73 bits per heavy atom. The van der Waals surface area contributed by atoms with E-state index in [2.05, 4.69) is 64.2 Å². The molecule has 1 aliphatic rings. The molecule has 0 aromatic heterocycles. The Bertz CT molecular complexity index is 479. The molecular weight excluding hydrogens is 272 g/mol. The van der Waals surface area contributed by atoms with Crippen molar-refractivity contribution in [3.8, 4) is 0 Å². The van der Waals surface area contributed by atoms with Crippen LogP contribution in [0.3, 0.4) is 0 Å². The van der Waals surface area contributed by atoms with E-state index in [1.165, 1.54) is 5.56 Å². The summed E-state index contributed by atoms with van der Waals surface area (Å²) < 4.78 is 0. The molecule has 1 saturated heterocycles. The molecule has 0 aliphatic carbocycles. The van der Waals surface area contributed by atoms with Crippen LogP contribution >= 0.6 is 0 Å². The molecule has 3 nitrogen and oxygen atoms in total. The van der Waals surface area contributed by atoms with Gasteiger partial charge < -0.3 is 10.2 Å². The minimum Gasteiger partial charge on any atom is -0.339 e. The van der Waals surface area contributed by atoms with Crippen molar-refractivity contribution in [1.82, 2.24) is 10.2 Å². The summed E-state index contributed by atoms with van der Waals surface area (Å²) in [7, 11) is 0. The van der Waals surface area contributed by atoms with Gasteiger partial charge in [0.2, 0.25) is 6.41 Å². The Kier molecular flexibility index (Phi) is 4.96. The van der Waals surface area contributed by atoms with Crippen LogP contribution < -0.4 is 5.32 Å². The zero-order chi connectivity index (χ0) is 16.4. The minimum absolute atomic E-state index is 0.0557. The molecule has 1 fully saturated rings. The molecule has 1 aromatic carbocycles. The van der Waals surface area contributed by atoms with Gasteiger partial charge in [-0.3, -0.25) is 4.79 Å². The standard InChI is InChI=1S/C19H30N2O/c1-15(11-16-9-7-6-8-10-16)21(14-22)17-12-18(2,3)20-19(4,5)13-17/h6-10,14-15,17,20H,11-13H2,1-5H3. The van der Waals surface area contributed by atoms with Crippen molar-refractivity contribution in [3.63, 3.8) is 0 Å². The molecule has 0 bridgehead atoms. The number of nitrogens with one attached hydrogen (secondary N) is 1. The smallest absolute Gasteiger partial charge is 0.210 e. The molecular formula is C19H30N2O. The second-order valence-electron chi connectivity index (χ2n) is 8.05. The van der Waals surface area contributed by atoms with E-state index in [1.54, 1.807) is 0 Å². The summed E-state index contributed by atoms with van der Waals surface area (Å²) in [5, 5.41) is 3.69. The quantitative estimate of drug-likeness (QED) is 0.846. The van der Waals surface area contributed by atoms with Gasteiger partial charge >= 0.3 is 0 Å². The second-order valence-corrected chi connectivity index (χ2v) is 8.05. The molecule has 0 spiro atoms. The van der Waals surface area contributed by atoms with Crippen molar-refractivity contribution in [2.75, 3.05) is 0 Å². The molecule has 1 unspecified atom stereocenters. The Hall–Kier alpha value is -1.35. The third kappa shape index (κ3) is 4.33. The Morgan fingerprint density at radius 3 is 2.23 bits per heavy atom. The van der Waals surface area contributed by atoms with E-state index in [-0.39, 0.29) is 17.1 Å². The van der Waals surface area contributed by atoms with Crippen molar-refractivity contribution >= 4 is 6.41 Å². The third-order valence-corrected chi connectivity index (χ3v) is 4.59. The molecule has 0 radical (unpaired) electrons. The van der Waals surface area contributed by atoms with Gasteiger partial charge in [-0.25, -0.2) is 0 Å². The highest BCUT2D eigenvalue weighted by atomic mass is 16.1. The van der Waals surface area contributed by atoms with Crippen molar-refractivity contribution in [2.24, 2.45) is 0 Å². The van der Waals surface area contributed by atoms with Gasteiger partial charge in [-0.1, -0.05) is 30.3 Å². The maximum Gasteiger partial charge on any atom is 0.210 e. The Labute approximate surface area is 135 Å². The van der Waals surface area contributed by atoms with E-state index < -0.39 is 0 Å². The average Bonchev–Trinajstić information content (AvgIpc) is 2.36. The molecule has 122 valence electrons. The third-order valence-electron chi connectivity index (χ3n) is 4.59. The molecule has 1 amide bonds. The van der Waals surface area contributed by atoms with Crippen LogP contribution in [0.2, 0.25) is 0 Å². The predicted molar refractivity (Wildman–Crippen MR) is 91.8 cm³/mol. The normalized spacial score (nSPS) is 22.0. The number of hydrogen-bond donors (Lipinski definition) is 1. The largest absolute Gasteiger partial charge is 0.339 e. The van der Waals surface area contributed by atoms with Gasteiger partial charge in [0.05, 0.1) is 0 Å². The van der Waals surface area contributed by atoms with Gasteiger partial charge in [0.15, 0.2) is 0 Å². The van der Waals surface area contributed by atoms with Crippen LogP contribution in [0.4, 0.5) is 0 Å². The number of amides is 1. The molecule has 2 rings (SSSR count). The molecule has 1 atom stereocenters. The van der Waals surface area contributed by atoms with Crippen LogP contribution in [0.5, 0.6) is 0 Å². The summed E-state index contributed by atoms with van der Waals surface area (Å²) in [6.45, 7) is 11.1. The van der Waals surface area contributed by atoms with Crippen LogP contribution in [0.25, 0.3) is 0 Å². The van der Waals surface area contributed by atoms with E-state index in [9.17, 15) is 4.79 Å². The van der Waals surface area contributed by atoms with Crippen LogP contribution in [-0.2, 0) is 11.2 Å². The monoisotopic (exact) mass is 302 g/mol. The number of piperidine rings is 1. The van der Waals surface area contributed by atoms with Crippen molar-refractivity contribution in [3.05, 3.63) is 35.9 Å². The van der Waals surface area contributed by atoms with Gasteiger partial charge in [-0.15, -0.1) is 0 Å².